The van der Waals surface area contributed by atoms with Gasteiger partial charge in [0, 0.05) is 16.5 Å². The lowest BCUT2D eigenvalue weighted by molar-refractivity contribution is -0.119. The number of nitrogens with zero attached hydrogens (tertiary/aromatic N) is 1. The van der Waals surface area contributed by atoms with E-state index >= 15 is 0 Å². The van der Waals surface area contributed by atoms with Gasteiger partial charge in [-0.1, -0.05) is 41.9 Å². The molecule has 0 aliphatic carbocycles. The van der Waals surface area contributed by atoms with Gasteiger partial charge in [-0.3, -0.25) is 9.10 Å². The highest BCUT2D eigenvalue weighted by molar-refractivity contribution is 7.99. The van der Waals surface area contributed by atoms with Crippen molar-refractivity contribution < 1.29 is 13.2 Å². The maximum atomic E-state index is 13.3. The van der Waals surface area contributed by atoms with E-state index in [2.05, 4.69) is 5.32 Å². The zero-order valence-corrected chi connectivity index (χ0v) is 20.1. The highest BCUT2D eigenvalue weighted by Crippen LogP contribution is 2.25. The normalized spacial score (nSPS) is 11.2. The number of carbonyl (C=O) groups excluding carboxylic acids is 1. The van der Waals surface area contributed by atoms with Crippen molar-refractivity contribution in [3.05, 3.63) is 89.4 Å². The molecule has 3 rings (SSSR count). The number of sulfonamides is 1. The molecule has 32 heavy (non-hydrogen) atoms. The zero-order valence-electron chi connectivity index (χ0n) is 17.7. The monoisotopic (exact) mass is 488 g/mol. The Labute approximate surface area is 198 Å². The Balaban J connectivity index is 1.66. The number of carbonyl (C=O) groups is 1. The highest BCUT2D eigenvalue weighted by atomic mass is 35.5. The molecule has 0 atom stereocenters. The maximum absolute atomic E-state index is 13.3. The fourth-order valence-corrected chi connectivity index (χ4v) is 5.44. The van der Waals surface area contributed by atoms with Crippen LogP contribution in [0.2, 0.25) is 5.02 Å². The Hall–Kier alpha value is -2.48. The molecule has 0 unspecified atom stereocenters. The van der Waals surface area contributed by atoms with Crippen molar-refractivity contribution in [3.63, 3.8) is 0 Å². The average molecular weight is 489 g/mol. The van der Waals surface area contributed by atoms with Crippen LogP contribution >= 0.6 is 23.4 Å². The van der Waals surface area contributed by atoms with Crippen LogP contribution in [0.1, 0.15) is 12.0 Å². The minimum Gasteiger partial charge on any atom is -0.354 e. The van der Waals surface area contributed by atoms with Gasteiger partial charge in [0.25, 0.3) is 10.0 Å². The summed E-state index contributed by atoms with van der Waals surface area (Å²) in [5, 5.41) is 3.28. The third kappa shape index (κ3) is 6.76. The fourth-order valence-electron chi connectivity index (χ4n) is 3.02. The van der Waals surface area contributed by atoms with Gasteiger partial charge in [-0.15, -0.1) is 11.8 Å². The first-order chi connectivity index (χ1) is 15.4. The summed E-state index contributed by atoms with van der Waals surface area (Å²) in [5.41, 5.74) is 1.34. The summed E-state index contributed by atoms with van der Waals surface area (Å²) in [5.74, 6) is 0.503. The van der Waals surface area contributed by atoms with Gasteiger partial charge in [0.2, 0.25) is 5.91 Å². The van der Waals surface area contributed by atoms with Crippen LogP contribution in [-0.2, 0) is 14.8 Å². The predicted molar refractivity (Wildman–Crippen MR) is 132 cm³/mol. The molecule has 5 nitrogen and oxygen atoms in total. The van der Waals surface area contributed by atoms with Crippen LogP contribution in [0.3, 0.4) is 0 Å². The van der Waals surface area contributed by atoms with Gasteiger partial charge < -0.3 is 5.32 Å². The number of halogens is 1. The van der Waals surface area contributed by atoms with Gasteiger partial charge in [0.15, 0.2) is 0 Å². The van der Waals surface area contributed by atoms with Gasteiger partial charge in [0.05, 0.1) is 10.6 Å². The molecule has 1 amide bonds. The quantitative estimate of drug-likeness (QED) is 0.317. The standard InChI is InChI=1S/C24H25ClN2O3S2/c1-19-7-5-8-21(17-19)27(32(29,30)23-13-11-20(25)12-14-23)18-24(28)26-15-6-16-31-22-9-3-2-4-10-22/h2-5,7-14,17H,6,15-16,18H2,1H3,(H,26,28). The van der Waals surface area contributed by atoms with Gasteiger partial charge in [-0.2, -0.15) is 0 Å². The molecule has 0 saturated heterocycles. The molecule has 3 aromatic carbocycles. The summed E-state index contributed by atoms with van der Waals surface area (Å²) >= 11 is 7.63. The molecule has 0 bridgehead atoms. The van der Waals surface area contributed by atoms with Crippen LogP contribution in [-0.4, -0.2) is 33.2 Å². The fraction of sp³-hybridized carbons (Fsp3) is 0.208. The second-order valence-corrected chi connectivity index (χ2v) is 10.6. The van der Waals surface area contributed by atoms with Crippen molar-refractivity contribution in [3.8, 4) is 0 Å². The first kappa shape index (κ1) is 24.2. The number of anilines is 1. The van der Waals surface area contributed by atoms with Crippen molar-refractivity contribution in [2.45, 2.75) is 23.1 Å². The van der Waals surface area contributed by atoms with E-state index < -0.39 is 10.0 Å². The van der Waals surface area contributed by atoms with Crippen molar-refractivity contribution >= 4 is 45.0 Å². The van der Waals surface area contributed by atoms with Crippen LogP contribution in [0.15, 0.2) is 88.7 Å². The SMILES string of the molecule is Cc1cccc(N(CC(=O)NCCCSc2ccccc2)S(=O)(=O)c2ccc(Cl)cc2)c1. The van der Waals surface area contributed by atoms with Crippen LogP contribution < -0.4 is 9.62 Å². The molecule has 1 N–H and O–H groups in total. The van der Waals surface area contributed by atoms with Crippen LogP contribution in [0.5, 0.6) is 0 Å². The minimum absolute atomic E-state index is 0.0791. The Bertz CT molecular complexity index is 1140. The molecule has 0 aromatic heterocycles. The van der Waals surface area contributed by atoms with E-state index in [1.165, 1.54) is 29.2 Å². The molecule has 0 radical (unpaired) electrons. The Kier molecular flexibility index (Phi) is 8.61. The van der Waals surface area contributed by atoms with Crippen LogP contribution in [0.4, 0.5) is 5.69 Å². The third-order valence-electron chi connectivity index (χ3n) is 4.63. The van der Waals surface area contributed by atoms with Crippen molar-refractivity contribution in [1.82, 2.24) is 5.32 Å². The van der Waals surface area contributed by atoms with E-state index in [0.29, 0.717) is 17.3 Å². The van der Waals surface area contributed by atoms with Crippen molar-refractivity contribution in [2.24, 2.45) is 0 Å². The predicted octanol–water partition coefficient (Wildman–Crippen LogP) is 5.14. The molecule has 3 aromatic rings. The van der Waals surface area contributed by atoms with Gasteiger partial charge in [-0.25, -0.2) is 8.42 Å². The largest absolute Gasteiger partial charge is 0.354 e. The molecule has 0 aliphatic heterocycles. The summed E-state index contributed by atoms with van der Waals surface area (Å²) in [4.78, 5) is 13.9. The van der Waals surface area contributed by atoms with Crippen molar-refractivity contribution in [1.29, 1.82) is 0 Å². The lowest BCUT2D eigenvalue weighted by atomic mass is 10.2. The second kappa shape index (κ2) is 11.4. The van der Waals surface area contributed by atoms with E-state index in [9.17, 15) is 13.2 Å². The Morgan fingerprint density at radius 3 is 2.41 bits per heavy atom. The third-order valence-corrected chi connectivity index (χ3v) is 7.77. The van der Waals surface area contributed by atoms with Gasteiger partial charge in [0.1, 0.15) is 6.54 Å². The number of rotatable bonds is 10. The molecular formula is C24H25ClN2O3S2. The van der Waals surface area contributed by atoms with E-state index in [4.69, 9.17) is 11.6 Å². The first-order valence-electron chi connectivity index (χ1n) is 10.2. The van der Waals surface area contributed by atoms with Gasteiger partial charge >= 0.3 is 0 Å². The molecule has 0 aliphatic rings. The van der Waals surface area contributed by atoms with Gasteiger partial charge in [-0.05, 0) is 73.2 Å². The Morgan fingerprint density at radius 2 is 1.72 bits per heavy atom. The van der Waals surface area contributed by atoms with E-state index in [1.54, 1.807) is 30.0 Å². The first-order valence-corrected chi connectivity index (χ1v) is 13.0. The number of hydrogen-bond acceptors (Lipinski definition) is 4. The second-order valence-electron chi connectivity index (χ2n) is 7.17. The van der Waals surface area contributed by atoms with Crippen molar-refractivity contribution in [2.75, 3.05) is 23.1 Å². The summed E-state index contributed by atoms with van der Waals surface area (Å²) in [6.45, 7) is 2.04. The van der Waals surface area contributed by atoms with E-state index in [0.717, 1.165) is 22.0 Å². The molecule has 168 valence electrons. The summed E-state index contributed by atoms with van der Waals surface area (Å²) in [7, 11) is -3.94. The number of thioether (sulfide) groups is 1. The van der Waals surface area contributed by atoms with E-state index in [1.807, 2.05) is 43.3 Å². The molecule has 0 saturated carbocycles. The van der Waals surface area contributed by atoms with Crippen LogP contribution in [0, 0.1) is 6.92 Å². The smallest absolute Gasteiger partial charge is 0.264 e. The lowest BCUT2D eigenvalue weighted by Crippen LogP contribution is -2.41. The average Bonchev–Trinajstić information content (AvgIpc) is 2.78. The number of hydrogen-bond donors (Lipinski definition) is 1. The Morgan fingerprint density at radius 1 is 1.00 bits per heavy atom. The molecular weight excluding hydrogens is 464 g/mol. The van der Waals surface area contributed by atoms with Crippen LogP contribution in [0.25, 0.3) is 0 Å². The summed E-state index contributed by atoms with van der Waals surface area (Å²) in [6.07, 6.45) is 0.777. The topological polar surface area (TPSA) is 66.5 Å². The summed E-state index contributed by atoms with van der Waals surface area (Å²) in [6, 6.07) is 23.1. The molecule has 0 heterocycles. The number of amides is 1. The number of benzene rings is 3. The zero-order chi connectivity index (χ0) is 23.0. The summed E-state index contributed by atoms with van der Waals surface area (Å²) < 4.78 is 27.8. The maximum Gasteiger partial charge on any atom is 0.264 e. The molecule has 0 fully saturated rings. The number of aryl methyl sites for hydroxylation is 1. The number of nitrogens with one attached hydrogen (secondary N) is 1. The minimum atomic E-state index is -3.94. The highest BCUT2D eigenvalue weighted by Gasteiger charge is 2.27. The molecule has 0 spiro atoms. The van der Waals surface area contributed by atoms with E-state index in [-0.39, 0.29) is 17.3 Å². The lowest BCUT2D eigenvalue weighted by Gasteiger charge is -2.24. The molecule has 8 heteroatoms.